The van der Waals surface area contributed by atoms with Gasteiger partial charge in [0.15, 0.2) is 0 Å². The number of likely N-dealkylation sites (tertiary alicyclic amines) is 2. The van der Waals surface area contributed by atoms with Gasteiger partial charge >= 0.3 is 0 Å². The zero-order valence-corrected chi connectivity index (χ0v) is 21.5. The normalized spacial score (nSPS) is 21.0. The molecule has 35 heavy (non-hydrogen) atoms. The fourth-order valence-electron chi connectivity index (χ4n) is 5.56. The van der Waals surface area contributed by atoms with Crippen molar-refractivity contribution in [2.45, 2.75) is 57.7 Å². The molecule has 0 aliphatic carbocycles. The first-order chi connectivity index (χ1) is 16.5. The molecule has 2 aliphatic heterocycles. The molecule has 2 N–H and O–H groups in total. The van der Waals surface area contributed by atoms with E-state index in [-0.39, 0.29) is 11.3 Å². The number of carbonyl (C=O) groups is 1. The minimum Gasteiger partial charge on any atom is -0.380 e. The summed E-state index contributed by atoms with van der Waals surface area (Å²) in [4.78, 5) is 20.0. The molecule has 2 aromatic rings. The average Bonchev–Trinajstić information content (AvgIpc) is 2.82. The summed E-state index contributed by atoms with van der Waals surface area (Å²) in [6, 6.07) is 10.1. The number of aromatic nitrogens is 1. The van der Waals surface area contributed by atoms with E-state index >= 15 is 0 Å². The van der Waals surface area contributed by atoms with Crippen LogP contribution in [-0.4, -0.2) is 69.7 Å². The first kappa shape index (κ1) is 25.4. The molecular formula is C29H37N3O3. The Hall–Kier alpha value is -2.72. The smallest absolute Gasteiger partial charge is 0.219 e. The molecule has 1 amide bonds. The molecule has 1 aromatic carbocycles. The van der Waals surface area contributed by atoms with Gasteiger partial charge in [-0.1, -0.05) is 56.9 Å². The van der Waals surface area contributed by atoms with Gasteiger partial charge in [-0.25, -0.2) is 0 Å². The van der Waals surface area contributed by atoms with E-state index in [9.17, 15) is 15.0 Å². The van der Waals surface area contributed by atoms with Crippen molar-refractivity contribution in [2.24, 2.45) is 5.41 Å². The van der Waals surface area contributed by atoms with Crippen LogP contribution in [0.3, 0.4) is 0 Å². The number of rotatable bonds is 4. The van der Waals surface area contributed by atoms with Crippen LogP contribution in [0.4, 0.5) is 0 Å². The van der Waals surface area contributed by atoms with Gasteiger partial charge in [0.2, 0.25) is 5.91 Å². The number of hydrogen-bond donors (Lipinski definition) is 2. The zero-order valence-electron chi connectivity index (χ0n) is 21.5. The fraction of sp³-hybridized carbons (Fsp3) is 0.517. The van der Waals surface area contributed by atoms with Crippen molar-refractivity contribution in [2.75, 3.05) is 33.2 Å². The van der Waals surface area contributed by atoms with Gasteiger partial charge in [0, 0.05) is 74.9 Å². The highest BCUT2D eigenvalue weighted by molar-refractivity contribution is 5.73. The number of piperidine rings is 1. The summed E-state index contributed by atoms with van der Waals surface area (Å²) in [5, 5.41) is 23.3. The largest absolute Gasteiger partial charge is 0.380 e. The van der Waals surface area contributed by atoms with E-state index in [1.54, 1.807) is 24.2 Å². The third-order valence-corrected chi connectivity index (χ3v) is 7.74. The second-order valence-electron chi connectivity index (χ2n) is 11.0. The highest BCUT2D eigenvalue weighted by atomic mass is 16.3. The van der Waals surface area contributed by atoms with Gasteiger partial charge in [0.25, 0.3) is 0 Å². The van der Waals surface area contributed by atoms with Crippen molar-refractivity contribution in [1.29, 1.82) is 0 Å². The number of carbonyl (C=O) groups excluding carboxylic acids is 1. The summed E-state index contributed by atoms with van der Waals surface area (Å²) < 4.78 is 0. The Morgan fingerprint density at radius 1 is 1.11 bits per heavy atom. The van der Waals surface area contributed by atoms with Crippen LogP contribution >= 0.6 is 0 Å². The lowest BCUT2D eigenvalue weighted by Gasteiger charge is -2.55. The predicted molar refractivity (Wildman–Crippen MR) is 137 cm³/mol. The molecule has 2 aliphatic rings. The van der Waals surface area contributed by atoms with Crippen LogP contribution < -0.4 is 0 Å². The average molecular weight is 476 g/mol. The number of benzene rings is 1. The molecule has 1 aromatic heterocycles. The fourth-order valence-corrected chi connectivity index (χ4v) is 5.56. The topological polar surface area (TPSA) is 76.9 Å². The van der Waals surface area contributed by atoms with Crippen LogP contribution in [0.25, 0.3) is 0 Å². The molecule has 4 rings (SSSR count). The monoisotopic (exact) mass is 475 g/mol. The predicted octanol–water partition coefficient (Wildman–Crippen LogP) is 3.12. The number of aliphatic hydroxyl groups is 2. The van der Waals surface area contributed by atoms with Crippen molar-refractivity contribution in [3.05, 3.63) is 65.0 Å². The third-order valence-electron chi connectivity index (χ3n) is 7.74. The molecule has 186 valence electrons. The van der Waals surface area contributed by atoms with Crippen molar-refractivity contribution >= 4 is 5.91 Å². The Kier molecular flexibility index (Phi) is 6.80. The van der Waals surface area contributed by atoms with E-state index in [1.165, 1.54) is 5.56 Å². The quantitative estimate of drug-likeness (QED) is 0.665. The molecule has 2 saturated heterocycles. The highest BCUT2D eigenvalue weighted by Gasteiger charge is 2.55. The van der Waals surface area contributed by atoms with Crippen LogP contribution in [-0.2, 0) is 10.4 Å². The summed E-state index contributed by atoms with van der Waals surface area (Å²) in [6.45, 7) is 10.5. The lowest BCUT2D eigenvalue weighted by molar-refractivity contribution is -0.131. The van der Waals surface area contributed by atoms with Crippen LogP contribution in [0, 0.1) is 17.3 Å². The highest BCUT2D eigenvalue weighted by Crippen LogP contribution is 2.50. The van der Waals surface area contributed by atoms with Crippen molar-refractivity contribution < 1.29 is 15.0 Å². The number of nitrogens with zero attached hydrogens (tertiary/aromatic N) is 3. The van der Waals surface area contributed by atoms with Crippen molar-refractivity contribution in [3.8, 4) is 11.8 Å². The second kappa shape index (κ2) is 9.39. The minimum atomic E-state index is -1.23. The van der Waals surface area contributed by atoms with Crippen LogP contribution in [0.15, 0.2) is 42.7 Å². The van der Waals surface area contributed by atoms with Gasteiger partial charge in [0.05, 0.1) is 0 Å². The van der Waals surface area contributed by atoms with Gasteiger partial charge in [-0.3, -0.25) is 9.78 Å². The molecule has 6 heteroatoms. The van der Waals surface area contributed by atoms with E-state index < -0.39 is 11.2 Å². The zero-order chi connectivity index (χ0) is 25.4. The molecule has 0 bridgehead atoms. The van der Waals surface area contributed by atoms with Gasteiger partial charge in [-0.15, -0.1) is 0 Å². The lowest BCUT2D eigenvalue weighted by Crippen LogP contribution is -2.63. The van der Waals surface area contributed by atoms with Crippen molar-refractivity contribution in [3.63, 3.8) is 0 Å². The summed E-state index contributed by atoms with van der Waals surface area (Å²) in [5.41, 5.74) is 0.686. The molecular weight excluding hydrogens is 438 g/mol. The van der Waals surface area contributed by atoms with E-state index in [0.717, 1.165) is 18.7 Å². The Balaban J connectivity index is 1.67. The van der Waals surface area contributed by atoms with E-state index in [4.69, 9.17) is 0 Å². The maximum atomic E-state index is 12.4. The first-order valence-electron chi connectivity index (χ1n) is 12.4. The lowest BCUT2D eigenvalue weighted by atomic mass is 9.62. The Morgan fingerprint density at radius 2 is 1.74 bits per heavy atom. The van der Waals surface area contributed by atoms with Gasteiger partial charge in [-0.05, 0) is 30.2 Å². The SMILES string of the molecule is CC(=O)N1CCC(O)(C#Cc2cncc([C@@](O)(c3ccc(C(C)C)cc3)C3(C)CN(C)C3)c2)CC1. The Labute approximate surface area is 209 Å². The first-order valence-corrected chi connectivity index (χ1v) is 12.4. The Morgan fingerprint density at radius 3 is 2.29 bits per heavy atom. The Bertz CT molecular complexity index is 1130. The molecule has 1 atom stereocenters. The number of amides is 1. The summed E-state index contributed by atoms with van der Waals surface area (Å²) in [7, 11) is 2.06. The second-order valence-corrected chi connectivity index (χ2v) is 11.0. The molecule has 3 heterocycles. The van der Waals surface area contributed by atoms with E-state index in [0.29, 0.717) is 43.0 Å². The summed E-state index contributed by atoms with van der Waals surface area (Å²) in [5.74, 6) is 6.55. The minimum absolute atomic E-state index is 0.0211. The summed E-state index contributed by atoms with van der Waals surface area (Å²) in [6.07, 6.45) is 4.24. The molecule has 0 spiro atoms. The standard InChI is InChI=1S/C29H37N3O3/c1-21(2)24-6-8-25(9-7-24)29(35,27(4)19-31(5)20-27)26-16-23(17-30-18-26)10-11-28(34)12-14-32(15-13-28)22(3)33/h6-9,16-18,21,34-35H,12-15,19-20H2,1-5H3/t29-/m0/s1. The molecule has 0 radical (unpaired) electrons. The molecule has 0 unspecified atom stereocenters. The maximum Gasteiger partial charge on any atom is 0.219 e. The molecule has 2 fully saturated rings. The summed E-state index contributed by atoms with van der Waals surface area (Å²) >= 11 is 0. The molecule has 0 saturated carbocycles. The van der Waals surface area contributed by atoms with Gasteiger partial charge < -0.3 is 20.0 Å². The van der Waals surface area contributed by atoms with Crippen molar-refractivity contribution in [1.82, 2.24) is 14.8 Å². The van der Waals surface area contributed by atoms with Gasteiger partial charge in [0.1, 0.15) is 11.2 Å². The van der Waals surface area contributed by atoms with E-state index in [2.05, 4.69) is 61.7 Å². The van der Waals surface area contributed by atoms with Crippen LogP contribution in [0.1, 0.15) is 68.7 Å². The number of hydrogen-bond acceptors (Lipinski definition) is 5. The van der Waals surface area contributed by atoms with Crippen LogP contribution in [0.2, 0.25) is 0 Å². The third kappa shape index (κ3) is 4.86. The van der Waals surface area contributed by atoms with E-state index in [1.807, 2.05) is 18.2 Å². The maximum absolute atomic E-state index is 12.4. The molecule has 6 nitrogen and oxygen atoms in total. The van der Waals surface area contributed by atoms with Gasteiger partial charge in [-0.2, -0.15) is 0 Å². The van der Waals surface area contributed by atoms with Crippen LogP contribution in [0.5, 0.6) is 0 Å². The number of pyridine rings is 1.